The molecule has 2 aliphatic rings. The van der Waals surface area contributed by atoms with Gasteiger partial charge < -0.3 is 30.1 Å². The minimum Gasteiger partial charge on any atom is -0.577 e. The number of carbonyl (C=O) groups is 1. The molecule has 0 amide bonds. The number of allylic oxidation sites excluding steroid dienone is 3. The summed E-state index contributed by atoms with van der Waals surface area (Å²) in [6, 6.07) is 7.55. The number of fused-ring (bicyclic) bond motifs is 5. The van der Waals surface area contributed by atoms with E-state index in [2.05, 4.69) is 38.0 Å². The van der Waals surface area contributed by atoms with Crippen molar-refractivity contribution in [3.8, 4) is 11.5 Å². The van der Waals surface area contributed by atoms with Crippen molar-refractivity contribution in [1.29, 1.82) is 0 Å². The number of anilines is 3. The molecule has 11 heteroatoms. The number of ketones is 1. The van der Waals surface area contributed by atoms with E-state index in [1.807, 2.05) is 31.2 Å². The number of ether oxygens (including phenoxy) is 2. The molecule has 0 aliphatic carbocycles. The van der Waals surface area contributed by atoms with Crippen LogP contribution in [0, 0.1) is 25.3 Å². The molecule has 2 aliphatic heterocycles. The van der Waals surface area contributed by atoms with Crippen LogP contribution < -0.4 is 38.6 Å². The molecule has 2 aromatic heterocycles. The summed E-state index contributed by atoms with van der Waals surface area (Å²) in [5, 5.41) is 12.0. The molecule has 2 atom stereocenters. The Labute approximate surface area is 263 Å². The smallest absolute Gasteiger partial charge is 0.577 e. The molecule has 5 rings (SSSR count). The van der Waals surface area contributed by atoms with Gasteiger partial charge in [0.25, 0.3) is 0 Å². The third kappa shape index (κ3) is 7.58. The molecule has 0 saturated carbocycles. The Kier molecular flexibility index (Phi) is 10.9. The van der Waals surface area contributed by atoms with E-state index < -0.39 is 0 Å². The average Bonchev–Trinajstić information content (AvgIpc) is 3.31. The van der Waals surface area contributed by atoms with Gasteiger partial charge in [-0.25, -0.2) is 27.5 Å². The molecule has 216 valence electrons. The number of aryl methyl sites for hydroxylation is 1. The monoisotopic (exact) mass is 569 g/mol. The van der Waals surface area contributed by atoms with Crippen molar-refractivity contribution in [3.63, 3.8) is 0 Å². The third-order valence-corrected chi connectivity index (χ3v) is 7.59. The van der Waals surface area contributed by atoms with Crippen molar-refractivity contribution in [1.82, 2.24) is 15.0 Å². The first-order chi connectivity index (χ1) is 20.5. The van der Waals surface area contributed by atoms with E-state index in [0.29, 0.717) is 59.6 Å². The number of aliphatic imine (C=N–C) groups is 1. The van der Waals surface area contributed by atoms with Crippen LogP contribution in [0.3, 0.4) is 0 Å². The normalized spacial score (nSPS) is 18.0. The van der Waals surface area contributed by atoms with Crippen molar-refractivity contribution >= 4 is 46.7 Å². The summed E-state index contributed by atoms with van der Waals surface area (Å²) in [6.07, 6.45) is 12.2. The van der Waals surface area contributed by atoms with Crippen LogP contribution in [-0.4, -0.2) is 53.0 Å². The first-order valence-electron chi connectivity index (χ1n) is 13.9. The van der Waals surface area contributed by atoms with Gasteiger partial charge in [0.1, 0.15) is 17.6 Å². The van der Waals surface area contributed by atoms with Gasteiger partial charge in [0.15, 0.2) is 23.2 Å². The number of aromatic nitrogens is 3. The Bertz CT molecular complexity index is 1570. The molecule has 10 nitrogen and oxygen atoms in total. The van der Waals surface area contributed by atoms with Crippen molar-refractivity contribution in [2.45, 2.75) is 32.6 Å². The van der Waals surface area contributed by atoms with Crippen LogP contribution in [0.1, 0.15) is 31.2 Å². The summed E-state index contributed by atoms with van der Waals surface area (Å²) in [4.78, 5) is 31.7. The summed E-state index contributed by atoms with van der Waals surface area (Å²) in [6.45, 7) is 13.4. The predicted molar refractivity (Wildman–Crippen MR) is 165 cm³/mol. The maximum atomic E-state index is 11.9. The Balaban J connectivity index is 0.00000423. The van der Waals surface area contributed by atoms with E-state index in [1.54, 1.807) is 0 Å². The number of carbonyl (C=O) groups excluding carboxylic acids is 1. The Hall–Kier alpha value is -4.26. The number of rotatable bonds is 11. The second-order valence-electron chi connectivity index (χ2n) is 10.3. The average molecular weight is 570 g/mol. The fraction of sp³-hybridized carbons (Fsp3) is 0.312. The fourth-order valence-corrected chi connectivity index (χ4v) is 5.42. The second kappa shape index (κ2) is 14.8. The van der Waals surface area contributed by atoms with Gasteiger partial charge in [0, 0.05) is 42.9 Å². The predicted octanol–water partition coefficient (Wildman–Crippen LogP) is 2.64. The molecule has 0 radical (unpaired) electrons. The molecular weight excluding hydrogens is 537 g/mol. The molecule has 1 N–H and O–H groups in total. The molecule has 1 unspecified atom stereocenters. The third-order valence-electron chi connectivity index (χ3n) is 7.59. The van der Waals surface area contributed by atoms with Gasteiger partial charge in [-0.1, -0.05) is 6.58 Å². The van der Waals surface area contributed by atoms with Gasteiger partial charge in [-0.05, 0) is 61.9 Å². The summed E-state index contributed by atoms with van der Waals surface area (Å²) >= 11 is 0. The maximum Gasteiger partial charge on any atom is 1.00 e. The second-order valence-corrected chi connectivity index (χ2v) is 10.3. The van der Waals surface area contributed by atoms with Crippen LogP contribution in [-0.2, 0) is 4.79 Å². The molecule has 1 fully saturated rings. The van der Waals surface area contributed by atoms with Crippen LogP contribution in [0.2, 0.25) is 0 Å². The molecule has 1 saturated heterocycles. The van der Waals surface area contributed by atoms with Crippen molar-refractivity contribution in [2.24, 2.45) is 16.8 Å². The van der Waals surface area contributed by atoms with Crippen LogP contribution >= 0.6 is 0 Å². The molecular formula is C32H32LiN7O3-2. The van der Waals surface area contributed by atoms with E-state index in [-0.39, 0.29) is 24.6 Å². The summed E-state index contributed by atoms with van der Waals surface area (Å²) in [5.41, 5.74) is 2.97. The van der Waals surface area contributed by atoms with Crippen LogP contribution in [0.4, 0.5) is 17.3 Å². The topological polar surface area (TPSA) is 124 Å². The zero-order valence-corrected chi connectivity index (χ0v) is 24.5. The van der Waals surface area contributed by atoms with Crippen LogP contribution in [0.5, 0.6) is 11.5 Å². The maximum absolute atomic E-state index is 11.9. The van der Waals surface area contributed by atoms with E-state index in [9.17, 15) is 4.79 Å². The summed E-state index contributed by atoms with van der Waals surface area (Å²) < 4.78 is 12.1. The summed E-state index contributed by atoms with van der Waals surface area (Å²) in [5.74, 6) is 3.82. The number of hydrogen-bond donors (Lipinski definition) is 1. The summed E-state index contributed by atoms with van der Waals surface area (Å²) in [7, 11) is 0. The Morgan fingerprint density at radius 2 is 2.23 bits per heavy atom. The van der Waals surface area contributed by atoms with Gasteiger partial charge in [-0.2, -0.15) is 6.08 Å². The van der Waals surface area contributed by atoms with Crippen LogP contribution in [0.25, 0.3) is 16.4 Å². The van der Waals surface area contributed by atoms with Gasteiger partial charge in [-0.3, -0.25) is 11.4 Å². The van der Waals surface area contributed by atoms with Crippen LogP contribution in [0.15, 0.2) is 66.2 Å². The molecule has 0 spiro atoms. The number of benzene rings is 1. The van der Waals surface area contributed by atoms with Crippen molar-refractivity contribution in [3.05, 3.63) is 78.7 Å². The number of pyridine rings is 1. The first-order valence-corrected chi connectivity index (χ1v) is 13.9. The van der Waals surface area contributed by atoms with E-state index in [1.165, 1.54) is 24.6 Å². The fourth-order valence-electron chi connectivity index (χ4n) is 5.42. The van der Waals surface area contributed by atoms with Crippen molar-refractivity contribution < 1.29 is 33.1 Å². The van der Waals surface area contributed by atoms with E-state index in [0.717, 1.165) is 55.2 Å². The van der Waals surface area contributed by atoms with Gasteiger partial charge in [0.2, 0.25) is 0 Å². The van der Waals surface area contributed by atoms with Gasteiger partial charge in [-0.15, -0.1) is 6.08 Å². The first kappa shape index (κ1) is 31.7. The van der Waals surface area contributed by atoms with Gasteiger partial charge in [0.05, 0.1) is 12.1 Å². The zero-order valence-electron chi connectivity index (χ0n) is 24.5. The Morgan fingerprint density at radius 1 is 1.37 bits per heavy atom. The quantitative estimate of drug-likeness (QED) is 0.0711. The molecule has 1 aromatic carbocycles. The Morgan fingerprint density at radius 3 is 3.00 bits per heavy atom. The molecule has 2 bridgehead atoms. The van der Waals surface area contributed by atoms with Crippen molar-refractivity contribution in [2.75, 3.05) is 29.9 Å². The molecule has 3 aromatic rings. The molecule has 43 heavy (non-hydrogen) atoms. The van der Waals surface area contributed by atoms with E-state index in [4.69, 9.17) is 26.4 Å². The standard InChI is InChI=1S/C32H32N7O3.Li/c1-4-25(40)10-8-22-7-6-14-39-17-23(22)18-41-29-16-27-30(38-32(29)39)31(36-20-35-27)37-24-9-11-28(21(3)15-24)42-26(5-2)12-13-34-19-33;/h2,4-5,9,11-12,15-16,19-20,22-23H,1,6-8,10,14,17-18H2,3H3,(H,35,36,37);/q-3;+1/b26-12+;/t22?,23-;/m1./s1. The number of hydrogen-bond acceptors (Lipinski definition) is 8. The van der Waals surface area contributed by atoms with Gasteiger partial charge >= 0.3 is 18.9 Å². The number of nitrogens with zero attached hydrogens (tertiary/aromatic N) is 6. The zero-order chi connectivity index (χ0) is 29.5. The SMILES string of the molecule is [CH-]=C/C(=C\[C-]=NC=[N-])Oc1ccc(Nc2ncnc3cc4c(nc23)N2CCCC(CCC(=O)C=C)[C@@H](CO4)C2)cc1C.[Li+]. The number of nitrogens with one attached hydrogen (secondary N) is 1. The molecule has 4 heterocycles. The largest absolute Gasteiger partial charge is 1.00 e. The minimum absolute atomic E-state index is 0. The van der Waals surface area contributed by atoms with E-state index >= 15 is 0 Å². The minimum atomic E-state index is 0.